The Bertz CT molecular complexity index is 1080. The monoisotopic (exact) mass is 417 g/mol. The van der Waals surface area contributed by atoms with Gasteiger partial charge < -0.3 is 9.67 Å². The summed E-state index contributed by atoms with van der Waals surface area (Å²) in [5.74, 6) is -1.57. The molecule has 0 spiro atoms. The van der Waals surface area contributed by atoms with Crippen LogP contribution in [0.3, 0.4) is 0 Å². The van der Waals surface area contributed by atoms with E-state index in [1.165, 1.54) is 35.0 Å². The number of benzene rings is 2. The summed E-state index contributed by atoms with van der Waals surface area (Å²) in [5.41, 5.74) is 5.79. The van der Waals surface area contributed by atoms with Gasteiger partial charge in [-0.25, -0.2) is 0 Å². The van der Waals surface area contributed by atoms with Gasteiger partial charge in [-0.3, -0.25) is 9.59 Å². The molecule has 0 fully saturated rings. The van der Waals surface area contributed by atoms with Gasteiger partial charge in [0.1, 0.15) is 0 Å². The SMILES string of the molecule is Cn1c2c(c3ccc(C(=O)CC(CCCCc4ccccc4)C(=O)O)cc31)CCCC2. The standard InChI is InChI=1S/C27H31NO3/c1-28-24-14-8-7-13-22(24)23-16-15-20(17-25(23)28)26(29)18-21(27(30)31)12-6-5-11-19-9-3-2-4-10-19/h2-4,9-10,15-17,21H,5-8,11-14,18H2,1H3,(H,30,31). The predicted octanol–water partition coefficient (Wildman–Crippen LogP) is 5.74. The molecule has 0 bridgehead atoms. The van der Waals surface area contributed by atoms with Gasteiger partial charge in [-0.05, 0) is 62.1 Å². The van der Waals surface area contributed by atoms with Crippen molar-refractivity contribution in [3.63, 3.8) is 0 Å². The van der Waals surface area contributed by atoms with Gasteiger partial charge in [-0.15, -0.1) is 0 Å². The van der Waals surface area contributed by atoms with E-state index < -0.39 is 11.9 Å². The number of rotatable bonds is 9. The average Bonchev–Trinajstić information content (AvgIpc) is 3.08. The van der Waals surface area contributed by atoms with E-state index in [2.05, 4.69) is 29.8 Å². The number of carbonyl (C=O) groups is 2. The topological polar surface area (TPSA) is 59.3 Å². The average molecular weight is 418 g/mol. The molecule has 2 aromatic carbocycles. The molecule has 4 nitrogen and oxygen atoms in total. The van der Waals surface area contributed by atoms with Gasteiger partial charge in [0.2, 0.25) is 0 Å². The van der Waals surface area contributed by atoms with Crippen molar-refractivity contribution in [1.82, 2.24) is 4.57 Å². The fourth-order valence-corrected chi connectivity index (χ4v) is 4.95. The maximum atomic E-state index is 12.9. The second-order valence-corrected chi connectivity index (χ2v) is 8.82. The molecule has 4 rings (SSSR count). The van der Waals surface area contributed by atoms with Gasteiger partial charge in [0, 0.05) is 35.6 Å². The number of hydrogen-bond acceptors (Lipinski definition) is 2. The van der Waals surface area contributed by atoms with Crippen molar-refractivity contribution in [2.24, 2.45) is 13.0 Å². The van der Waals surface area contributed by atoms with Crippen LogP contribution < -0.4 is 0 Å². The number of aliphatic carboxylic acids is 1. The molecule has 1 heterocycles. The number of aryl methyl sites for hydroxylation is 3. The van der Waals surface area contributed by atoms with E-state index >= 15 is 0 Å². The maximum absolute atomic E-state index is 12.9. The first-order chi connectivity index (χ1) is 15.0. The Hall–Kier alpha value is -2.88. The van der Waals surface area contributed by atoms with Crippen molar-refractivity contribution in [2.45, 2.75) is 57.8 Å². The number of unbranched alkanes of at least 4 members (excludes halogenated alkanes) is 1. The predicted molar refractivity (Wildman–Crippen MR) is 124 cm³/mol. The van der Waals surface area contributed by atoms with Crippen LogP contribution in [-0.2, 0) is 31.1 Å². The smallest absolute Gasteiger partial charge is 0.306 e. The van der Waals surface area contributed by atoms with Crippen LogP contribution in [0.25, 0.3) is 10.9 Å². The van der Waals surface area contributed by atoms with Crippen molar-refractivity contribution in [3.8, 4) is 0 Å². The first kappa shape index (κ1) is 21.4. The molecule has 1 aromatic heterocycles. The highest BCUT2D eigenvalue weighted by Gasteiger charge is 2.23. The molecular weight excluding hydrogens is 386 g/mol. The van der Waals surface area contributed by atoms with Gasteiger partial charge in [-0.2, -0.15) is 0 Å². The van der Waals surface area contributed by atoms with E-state index in [-0.39, 0.29) is 12.2 Å². The molecule has 0 radical (unpaired) electrons. The number of nitrogens with zero attached hydrogens (tertiary/aromatic N) is 1. The first-order valence-corrected chi connectivity index (χ1v) is 11.4. The minimum absolute atomic E-state index is 0.0658. The minimum atomic E-state index is -0.872. The highest BCUT2D eigenvalue weighted by Crippen LogP contribution is 2.32. The third-order valence-corrected chi connectivity index (χ3v) is 6.74. The lowest BCUT2D eigenvalue weighted by molar-refractivity contribution is -0.141. The van der Waals surface area contributed by atoms with Crippen LogP contribution in [0, 0.1) is 5.92 Å². The van der Waals surface area contributed by atoms with Crippen molar-refractivity contribution in [2.75, 3.05) is 0 Å². The van der Waals surface area contributed by atoms with Crippen molar-refractivity contribution in [3.05, 3.63) is 70.9 Å². The largest absolute Gasteiger partial charge is 0.481 e. The molecule has 0 saturated carbocycles. The molecule has 0 amide bonds. The fourth-order valence-electron chi connectivity index (χ4n) is 4.95. The molecule has 1 atom stereocenters. The van der Waals surface area contributed by atoms with Crippen LogP contribution in [0.15, 0.2) is 48.5 Å². The lowest BCUT2D eigenvalue weighted by Gasteiger charge is -2.12. The lowest BCUT2D eigenvalue weighted by Crippen LogP contribution is -2.18. The zero-order valence-corrected chi connectivity index (χ0v) is 18.3. The van der Waals surface area contributed by atoms with Crippen molar-refractivity contribution >= 4 is 22.7 Å². The van der Waals surface area contributed by atoms with E-state index in [1.54, 1.807) is 0 Å². The first-order valence-electron chi connectivity index (χ1n) is 11.4. The highest BCUT2D eigenvalue weighted by atomic mass is 16.4. The molecule has 1 aliphatic rings. The molecule has 0 aliphatic heterocycles. The van der Waals surface area contributed by atoms with Gasteiger partial charge in [0.25, 0.3) is 0 Å². The van der Waals surface area contributed by atoms with Gasteiger partial charge in [0.05, 0.1) is 5.92 Å². The number of carbonyl (C=O) groups excluding carboxylic acids is 1. The lowest BCUT2D eigenvalue weighted by atomic mass is 9.92. The molecule has 31 heavy (non-hydrogen) atoms. The third kappa shape index (κ3) is 4.73. The Kier molecular flexibility index (Phi) is 6.55. The zero-order chi connectivity index (χ0) is 21.8. The summed E-state index contributed by atoms with van der Waals surface area (Å²) < 4.78 is 2.22. The Morgan fingerprint density at radius 1 is 1.03 bits per heavy atom. The van der Waals surface area contributed by atoms with Crippen molar-refractivity contribution < 1.29 is 14.7 Å². The Labute approximate surface area is 183 Å². The van der Waals surface area contributed by atoms with Crippen molar-refractivity contribution in [1.29, 1.82) is 0 Å². The fraction of sp³-hybridized carbons (Fsp3) is 0.407. The summed E-state index contributed by atoms with van der Waals surface area (Å²) in [5, 5.41) is 10.9. The van der Waals surface area contributed by atoms with Gasteiger partial charge >= 0.3 is 5.97 Å². The maximum Gasteiger partial charge on any atom is 0.306 e. The van der Waals surface area contributed by atoms with E-state index in [1.807, 2.05) is 30.3 Å². The van der Waals surface area contributed by atoms with Crippen LogP contribution in [0.1, 0.15) is 65.7 Å². The summed E-state index contributed by atoms with van der Waals surface area (Å²) >= 11 is 0. The molecule has 1 unspecified atom stereocenters. The number of fused-ring (bicyclic) bond motifs is 3. The summed E-state index contributed by atoms with van der Waals surface area (Å²) in [6.45, 7) is 0. The molecule has 162 valence electrons. The van der Waals surface area contributed by atoms with Gasteiger partial charge in [0.15, 0.2) is 5.78 Å². The Morgan fingerprint density at radius 2 is 1.81 bits per heavy atom. The van der Waals surface area contributed by atoms with Crippen LogP contribution in [0.4, 0.5) is 0 Å². The summed E-state index contributed by atoms with van der Waals surface area (Å²) in [6, 6.07) is 16.1. The van der Waals surface area contributed by atoms with Crippen LogP contribution in [-0.4, -0.2) is 21.4 Å². The van der Waals surface area contributed by atoms with E-state index in [9.17, 15) is 14.7 Å². The Balaban J connectivity index is 1.41. The highest BCUT2D eigenvalue weighted by molar-refractivity contribution is 6.01. The number of Topliss-reactive ketones (excluding diaryl/α,β-unsaturated/α-hetero) is 1. The molecule has 3 aromatic rings. The number of carboxylic acids is 1. The number of hydrogen-bond donors (Lipinski definition) is 1. The molecule has 1 N–H and O–H groups in total. The van der Waals surface area contributed by atoms with Gasteiger partial charge in [-0.1, -0.05) is 48.9 Å². The van der Waals surface area contributed by atoms with Crippen LogP contribution >= 0.6 is 0 Å². The molecule has 1 aliphatic carbocycles. The second kappa shape index (κ2) is 9.51. The molecular formula is C27H31NO3. The zero-order valence-electron chi connectivity index (χ0n) is 18.3. The molecule has 0 saturated heterocycles. The second-order valence-electron chi connectivity index (χ2n) is 8.82. The van der Waals surface area contributed by atoms with Crippen LogP contribution in [0.2, 0.25) is 0 Å². The third-order valence-electron chi connectivity index (χ3n) is 6.74. The summed E-state index contributed by atoms with van der Waals surface area (Å²) in [7, 11) is 2.08. The number of ketones is 1. The van der Waals surface area contributed by atoms with E-state index in [0.717, 1.165) is 37.6 Å². The normalized spacial score (nSPS) is 14.4. The van der Waals surface area contributed by atoms with E-state index in [0.29, 0.717) is 12.0 Å². The number of carboxylic acid groups (broad SMARTS) is 1. The molecule has 4 heteroatoms. The summed E-state index contributed by atoms with van der Waals surface area (Å²) in [4.78, 5) is 24.7. The number of aromatic nitrogens is 1. The van der Waals surface area contributed by atoms with Crippen LogP contribution in [0.5, 0.6) is 0 Å². The van der Waals surface area contributed by atoms with E-state index in [4.69, 9.17) is 0 Å². The minimum Gasteiger partial charge on any atom is -0.481 e. The Morgan fingerprint density at radius 3 is 2.58 bits per heavy atom. The summed E-state index contributed by atoms with van der Waals surface area (Å²) in [6.07, 6.45) is 7.91. The quantitative estimate of drug-likeness (QED) is 0.356.